The van der Waals surface area contributed by atoms with E-state index in [0.29, 0.717) is 5.95 Å². The maximum Gasteiger partial charge on any atom is 0.248 e. The summed E-state index contributed by atoms with van der Waals surface area (Å²) in [6, 6.07) is 18.1. The van der Waals surface area contributed by atoms with Gasteiger partial charge in [0, 0.05) is 4.47 Å². The molecule has 0 radical (unpaired) electrons. The zero-order valence-electron chi connectivity index (χ0n) is 11.4. The molecule has 0 fully saturated rings. The molecule has 6 heteroatoms. The molecule has 3 aromatic rings. The lowest BCUT2D eigenvalue weighted by atomic mass is 10.1. The Labute approximate surface area is 131 Å². The molecule has 0 saturated heterocycles. The van der Waals surface area contributed by atoms with Crippen LogP contribution in [0.25, 0.3) is 5.69 Å². The van der Waals surface area contributed by atoms with E-state index in [2.05, 4.69) is 55.8 Å². The van der Waals surface area contributed by atoms with Crippen molar-refractivity contribution >= 4 is 21.9 Å². The Kier molecular flexibility index (Phi) is 3.96. The van der Waals surface area contributed by atoms with E-state index in [-0.39, 0.29) is 6.04 Å². The highest BCUT2D eigenvalue weighted by Crippen LogP contribution is 2.21. The number of tetrazole rings is 1. The van der Waals surface area contributed by atoms with Crippen molar-refractivity contribution in [3.8, 4) is 5.69 Å². The molecule has 21 heavy (non-hydrogen) atoms. The Bertz CT molecular complexity index is 708. The Balaban J connectivity index is 1.83. The highest BCUT2D eigenvalue weighted by atomic mass is 79.9. The first-order chi connectivity index (χ1) is 10.2. The highest BCUT2D eigenvalue weighted by Gasteiger charge is 2.12. The third-order valence-electron chi connectivity index (χ3n) is 3.19. The van der Waals surface area contributed by atoms with Crippen molar-refractivity contribution in [1.82, 2.24) is 20.2 Å². The molecule has 0 aliphatic rings. The van der Waals surface area contributed by atoms with Gasteiger partial charge in [-0.15, -0.1) is 0 Å². The summed E-state index contributed by atoms with van der Waals surface area (Å²) >= 11 is 3.44. The molecule has 0 aliphatic heterocycles. The molecule has 106 valence electrons. The maximum atomic E-state index is 4.06. The summed E-state index contributed by atoms with van der Waals surface area (Å²) in [4.78, 5) is 0. The van der Waals surface area contributed by atoms with Gasteiger partial charge in [-0.25, -0.2) is 0 Å². The van der Waals surface area contributed by atoms with Gasteiger partial charge in [0.15, 0.2) is 0 Å². The maximum absolute atomic E-state index is 4.06. The predicted molar refractivity (Wildman–Crippen MR) is 85.3 cm³/mol. The van der Waals surface area contributed by atoms with Crippen molar-refractivity contribution in [3.63, 3.8) is 0 Å². The van der Waals surface area contributed by atoms with Crippen LogP contribution >= 0.6 is 15.9 Å². The van der Waals surface area contributed by atoms with E-state index in [1.165, 1.54) is 5.56 Å². The van der Waals surface area contributed by atoms with E-state index in [0.717, 1.165) is 10.2 Å². The summed E-state index contributed by atoms with van der Waals surface area (Å²) in [6.45, 7) is 2.08. The summed E-state index contributed by atoms with van der Waals surface area (Å²) in [5.41, 5.74) is 2.09. The van der Waals surface area contributed by atoms with E-state index in [1.807, 2.05) is 42.5 Å². The minimum atomic E-state index is 0.103. The largest absolute Gasteiger partial charge is 0.346 e. The lowest BCUT2D eigenvalue weighted by molar-refractivity contribution is 0.780. The summed E-state index contributed by atoms with van der Waals surface area (Å²) < 4.78 is 2.75. The van der Waals surface area contributed by atoms with Gasteiger partial charge in [-0.05, 0) is 47.2 Å². The molecule has 1 atom stereocenters. The molecule has 3 rings (SSSR count). The molecule has 5 nitrogen and oxygen atoms in total. The van der Waals surface area contributed by atoms with E-state index in [9.17, 15) is 0 Å². The standard InChI is InChI=1S/C15H14BrN5/c1-11(12-7-9-13(16)10-8-12)17-15-18-19-20-21(15)14-5-3-2-4-6-14/h2-11H,1H3,(H,17,18,20). The summed E-state index contributed by atoms with van der Waals surface area (Å²) in [5, 5.41) is 15.2. The lowest BCUT2D eigenvalue weighted by Gasteiger charge is -2.14. The predicted octanol–water partition coefficient (Wildman–Crippen LogP) is 3.60. The lowest BCUT2D eigenvalue weighted by Crippen LogP contribution is -2.11. The second-order valence-corrected chi connectivity index (χ2v) is 5.58. The summed E-state index contributed by atoms with van der Waals surface area (Å²) in [5.74, 6) is 0.622. The quantitative estimate of drug-likeness (QED) is 0.786. The highest BCUT2D eigenvalue weighted by molar-refractivity contribution is 9.10. The van der Waals surface area contributed by atoms with Gasteiger partial charge < -0.3 is 5.32 Å². The van der Waals surface area contributed by atoms with Crippen molar-refractivity contribution in [1.29, 1.82) is 0 Å². The van der Waals surface area contributed by atoms with Gasteiger partial charge in [-0.1, -0.05) is 51.4 Å². The zero-order valence-corrected chi connectivity index (χ0v) is 13.0. The van der Waals surface area contributed by atoms with Gasteiger partial charge in [-0.3, -0.25) is 0 Å². The Morgan fingerprint density at radius 1 is 1.05 bits per heavy atom. The fourth-order valence-corrected chi connectivity index (χ4v) is 2.31. The second-order valence-electron chi connectivity index (χ2n) is 4.67. The minimum Gasteiger partial charge on any atom is -0.346 e. The Morgan fingerprint density at radius 2 is 1.76 bits per heavy atom. The van der Waals surface area contributed by atoms with Gasteiger partial charge in [-0.2, -0.15) is 4.68 Å². The number of hydrogen-bond donors (Lipinski definition) is 1. The Hall–Kier alpha value is -2.21. The molecular formula is C15H14BrN5. The first-order valence-electron chi connectivity index (χ1n) is 6.60. The summed E-state index contributed by atoms with van der Waals surface area (Å²) in [6.07, 6.45) is 0. The SMILES string of the molecule is CC(Nc1nnnn1-c1ccccc1)c1ccc(Br)cc1. The second kappa shape index (κ2) is 6.05. The molecule has 2 aromatic carbocycles. The third-order valence-corrected chi connectivity index (χ3v) is 3.71. The number of benzene rings is 2. The van der Waals surface area contributed by atoms with Crippen LogP contribution in [0.5, 0.6) is 0 Å². The number of aromatic nitrogens is 4. The van der Waals surface area contributed by atoms with Crippen molar-refractivity contribution < 1.29 is 0 Å². The molecular weight excluding hydrogens is 330 g/mol. The van der Waals surface area contributed by atoms with Crippen LogP contribution in [-0.2, 0) is 0 Å². The molecule has 0 aliphatic carbocycles. The molecule has 1 aromatic heterocycles. The first kappa shape index (κ1) is 13.8. The first-order valence-corrected chi connectivity index (χ1v) is 7.39. The van der Waals surface area contributed by atoms with Crippen molar-refractivity contribution in [3.05, 3.63) is 64.6 Å². The number of rotatable bonds is 4. The van der Waals surface area contributed by atoms with E-state index in [4.69, 9.17) is 0 Å². The monoisotopic (exact) mass is 343 g/mol. The fraction of sp³-hybridized carbons (Fsp3) is 0.133. The molecule has 0 saturated carbocycles. The average Bonchev–Trinajstić information content (AvgIpc) is 2.97. The molecule has 0 bridgehead atoms. The number of halogens is 1. The van der Waals surface area contributed by atoms with Crippen LogP contribution in [0.3, 0.4) is 0 Å². The van der Waals surface area contributed by atoms with Crippen molar-refractivity contribution in [2.75, 3.05) is 5.32 Å². The number of nitrogens with zero attached hydrogens (tertiary/aromatic N) is 4. The zero-order chi connectivity index (χ0) is 14.7. The van der Waals surface area contributed by atoms with Crippen LogP contribution in [0.1, 0.15) is 18.5 Å². The van der Waals surface area contributed by atoms with E-state index < -0.39 is 0 Å². The minimum absolute atomic E-state index is 0.103. The average molecular weight is 344 g/mol. The smallest absolute Gasteiger partial charge is 0.248 e. The number of anilines is 1. The van der Waals surface area contributed by atoms with Gasteiger partial charge >= 0.3 is 0 Å². The van der Waals surface area contributed by atoms with E-state index in [1.54, 1.807) is 4.68 Å². The van der Waals surface area contributed by atoms with Gasteiger partial charge in [0.05, 0.1) is 11.7 Å². The van der Waals surface area contributed by atoms with Gasteiger partial charge in [0.1, 0.15) is 0 Å². The number of hydrogen-bond acceptors (Lipinski definition) is 4. The van der Waals surface area contributed by atoms with Crippen LogP contribution in [0, 0.1) is 0 Å². The Morgan fingerprint density at radius 3 is 2.48 bits per heavy atom. The van der Waals surface area contributed by atoms with Gasteiger partial charge in [0.25, 0.3) is 0 Å². The van der Waals surface area contributed by atoms with Crippen LogP contribution < -0.4 is 5.32 Å². The van der Waals surface area contributed by atoms with E-state index >= 15 is 0 Å². The van der Waals surface area contributed by atoms with Crippen LogP contribution in [0.15, 0.2) is 59.1 Å². The summed E-state index contributed by atoms with van der Waals surface area (Å²) in [7, 11) is 0. The van der Waals surface area contributed by atoms with Crippen molar-refractivity contribution in [2.45, 2.75) is 13.0 Å². The third kappa shape index (κ3) is 3.11. The number of para-hydroxylation sites is 1. The molecule has 1 heterocycles. The molecule has 1 N–H and O–H groups in total. The normalized spacial score (nSPS) is 12.1. The molecule has 0 spiro atoms. The topological polar surface area (TPSA) is 55.6 Å². The molecule has 1 unspecified atom stereocenters. The van der Waals surface area contributed by atoms with Crippen LogP contribution in [0.4, 0.5) is 5.95 Å². The fourth-order valence-electron chi connectivity index (χ4n) is 2.05. The number of nitrogens with one attached hydrogen (secondary N) is 1. The van der Waals surface area contributed by atoms with Crippen molar-refractivity contribution in [2.24, 2.45) is 0 Å². The molecule has 0 amide bonds. The van der Waals surface area contributed by atoms with Crippen LogP contribution in [0.2, 0.25) is 0 Å². The van der Waals surface area contributed by atoms with Gasteiger partial charge in [0.2, 0.25) is 5.95 Å². The van der Waals surface area contributed by atoms with Crippen LogP contribution in [-0.4, -0.2) is 20.2 Å².